The molecule has 0 saturated heterocycles. The molecule has 0 spiro atoms. The summed E-state index contributed by atoms with van der Waals surface area (Å²) in [5.41, 5.74) is 9.31. The van der Waals surface area contributed by atoms with Crippen LogP contribution in [0.25, 0.3) is 5.69 Å². The Bertz CT molecular complexity index is 641. The highest BCUT2D eigenvalue weighted by Gasteiger charge is 2.13. The van der Waals surface area contributed by atoms with Crippen LogP contribution >= 0.6 is 0 Å². The molecule has 0 atom stereocenters. The molecule has 0 unspecified atom stereocenters. The molecule has 19 heavy (non-hydrogen) atoms. The molecule has 0 bridgehead atoms. The number of aryl methyl sites for hydroxylation is 1. The van der Waals surface area contributed by atoms with E-state index in [0.717, 1.165) is 16.9 Å². The smallest absolute Gasteiger partial charge is 0.259 e. The van der Waals surface area contributed by atoms with E-state index < -0.39 is 0 Å². The second kappa shape index (κ2) is 5.41. The molecule has 0 aliphatic rings. The number of nitrogens with two attached hydrogens (primary N) is 1. The molecule has 1 aromatic carbocycles. The number of benzene rings is 1. The first kappa shape index (κ1) is 13.6. The molecular formula is C16H20N2O. The highest BCUT2D eigenvalue weighted by molar-refractivity contribution is 5.43. The SMILES string of the molecule is Cc1ccccc1-n1c(C(C)C)ccc(CN)c1=O. The van der Waals surface area contributed by atoms with Gasteiger partial charge in [-0.2, -0.15) is 0 Å². The summed E-state index contributed by atoms with van der Waals surface area (Å²) < 4.78 is 1.79. The maximum absolute atomic E-state index is 12.6. The number of nitrogens with zero attached hydrogens (tertiary/aromatic N) is 1. The first-order chi connectivity index (χ1) is 9.06. The van der Waals surface area contributed by atoms with Gasteiger partial charge in [0.15, 0.2) is 0 Å². The quantitative estimate of drug-likeness (QED) is 0.918. The van der Waals surface area contributed by atoms with Gasteiger partial charge in [0.25, 0.3) is 5.56 Å². The molecule has 2 N–H and O–H groups in total. The Morgan fingerprint density at radius 1 is 1.16 bits per heavy atom. The fraction of sp³-hybridized carbons (Fsp3) is 0.312. The normalized spacial score (nSPS) is 11.0. The Labute approximate surface area is 113 Å². The topological polar surface area (TPSA) is 48.0 Å². The fourth-order valence-electron chi connectivity index (χ4n) is 2.26. The van der Waals surface area contributed by atoms with Gasteiger partial charge in [-0.1, -0.05) is 38.1 Å². The van der Waals surface area contributed by atoms with Gasteiger partial charge in [0.05, 0.1) is 5.69 Å². The summed E-state index contributed by atoms with van der Waals surface area (Å²) in [6.07, 6.45) is 0. The van der Waals surface area contributed by atoms with Gasteiger partial charge >= 0.3 is 0 Å². The van der Waals surface area contributed by atoms with Gasteiger partial charge in [-0.3, -0.25) is 9.36 Å². The van der Waals surface area contributed by atoms with Crippen LogP contribution < -0.4 is 11.3 Å². The lowest BCUT2D eigenvalue weighted by Gasteiger charge is -2.18. The molecule has 0 radical (unpaired) electrons. The van der Waals surface area contributed by atoms with Crippen molar-refractivity contribution in [2.75, 3.05) is 0 Å². The van der Waals surface area contributed by atoms with E-state index in [2.05, 4.69) is 13.8 Å². The van der Waals surface area contributed by atoms with Gasteiger partial charge in [-0.15, -0.1) is 0 Å². The van der Waals surface area contributed by atoms with Crippen molar-refractivity contribution in [1.29, 1.82) is 0 Å². The Balaban J connectivity index is 2.80. The first-order valence-electron chi connectivity index (χ1n) is 6.57. The zero-order valence-corrected chi connectivity index (χ0v) is 11.7. The second-order valence-corrected chi connectivity index (χ2v) is 5.07. The largest absolute Gasteiger partial charge is 0.326 e. The molecule has 0 saturated carbocycles. The minimum Gasteiger partial charge on any atom is -0.326 e. The fourth-order valence-corrected chi connectivity index (χ4v) is 2.26. The highest BCUT2D eigenvalue weighted by atomic mass is 16.1. The number of pyridine rings is 1. The molecule has 0 fully saturated rings. The molecule has 2 rings (SSSR count). The van der Waals surface area contributed by atoms with Crippen LogP contribution in [0.1, 0.15) is 36.6 Å². The van der Waals surface area contributed by atoms with Crippen molar-refractivity contribution in [1.82, 2.24) is 4.57 Å². The number of para-hydroxylation sites is 1. The van der Waals surface area contributed by atoms with Crippen molar-refractivity contribution in [3.8, 4) is 5.69 Å². The molecule has 3 heteroatoms. The first-order valence-corrected chi connectivity index (χ1v) is 6.57. The van der Waals surface area contributed by atoms with Crippen LogP contribution in [-0.2, 0) is 6.54 Å². The van der Waals surface area contributed by atoms with E-state index in [1.54, 1.807) is 4.57 Å². The van der Waals surface area contributed by atoms with Crippen molar-refractivity contribution in [2.24, 2.45) is 5.73 Å². The molecule has 3 nitrogen and oxygen atoms in total. The van der Waals surface area contributed by atoms with Crippen LogP contribution in [0.2, 0.25) is 0 Å². The van der Waals surface area contributed by atoms with E-state index in [9.17, 15) is 4.79 Å². The van der Waals surface area contributed by atoms with Crippen LogP contribution in [0, 0.1) is 6.92 Å². The Kier molecular flexibility index (Phi) is 3.86. The predicted octanol–water partition coefficient (Wildman–Crippen LogP) is 2.73. The lowest BCUT2D eigenvalue weighted by Crippen LogP contribution is -2.27. The van der Waals surface area contributed by atoms with Gasteiger partial charge < -0.3 is 5.73 Å². The molecule has 0 aliphatic heterocycles. The minimum absolute atomic E-state index is 0.0111. The van der Waals surface area contributed by atoms with E-state index >= 15 is 0 Å². The molecule has 100 valence electrons. The summed E-state index contributed by atoms with van der Waals surface area (Å²) in [4.78, 5) is 12.6. The van der Waals surface area contributed by atoms with Crippen LogP contribution in [0.5, 0.6) is 0 Å². The van der Waals surface area contributed by atoms with Crippen LogP contribution in [0.3, 0.4) is 0 Å². The van der Waals surface area contributed by atoms with Crippen LogP contribution in [-0.4, -0.2) is 4.57 Å². The van der Waals surface area contributed by atoms with E-state index in [4.69, 9.17) is 5.73 Å². The van der Waals surface area contributed by atoms with E-state index in [1.165, 1.54) is 0 Å². The summed E-state index contributed by atoms with van der Waals surface area (Å²) >= 11 is 0. The minimum atomic E-state index is -0.0111. The van der Waals surface area contributed by atoms with Crippen LogP contribution in [0.15, 0.2) is 41.2 Å². The monoisotopic (exact) mass is 256 g/mol. The van der Waals surface area contributed by atoms with Crippen LogP contribution in [0.4, 0.5) is 0 Å². The maximum atomic E-state index is 12.6. The molecular weight excluding hydrogens is 236 g/mol. The summed E-state index contributed by atoms with van der Waals surface area (Å²) in [5, 5.41) is 0. The standard InChI is InChI=1S/C16H20N2O/c1-11(2)14-9-8-13(10-17)16(19)18(14)15-7-5-4-6-12(15)3/h4-9,11H,10,17H2,1-3H3. The second-order valence-electron chi connectivity index (χ2n) is 5.07. The summed E-state index contributed by atoms with van der Waals surface area (Å²) in [6.45, 7) is 6.46. The number of rotatable bonds is 3. The van der Waals surface area contributed by atoms with Crippen molar-refractivity contribution < 1.29 is 0 Å². The van der Waals surface area contributed by atoms with Crippen molar-refractivity contribution in [3.05, 3.63) is 63.6 Å². The third kappa shape index (κ3) is 2.47. The number of aromatic nitrogens is 1. The Morgan fingerprint density at radius 3 is 2.42 bits per heavy atom. The third-order valence-corrected chi connectivity index (χ3v) is 3.36. The molecule has 1 heterocycles. The van der Waals surface area contributed by atoms with E-state index in [-0.39, 0.29) is 18.0 Å². The lowest BCUT2D eigenvalue weighted by molar-refractivity contribution is 0.747. The number of hydrogen-bond donors (Lipinski definition) is 1. The maximum Gasteiger partial charge on any atom is 0.259 e. The average molecular weight is 256 g/mol. The van der Waals surface area contributed by atoms with Gasteiger partial charge in [0, 0.05) is 17.8 Å². The summed E-state index contributed by atoms with van der Waals surface area (Å²) in [5.74, 6) is 0.277. The van der Waals surface area contributed by atoms with Crippen molar-refractivity contribution >= 4 is 0 Å². The third-order valence-electron chi connectivity index (χ3n) is 3.36. The molecule has 0 aliphatic carbocycles. The zero-order valence-electron chi connectivity index (χ0n) is 11.7. The summed E-state index contributed by atoms with van der Waals surface area (Å²) in [6, 6.07) is 11.8. The van der Waals surface area contributed by atoms with Crippen molar-refractivity contribution in [3.63, 3.8) is 0 Å². The van der Waals surface area contributed by atoms with Gasteiger partial charge in [-0.25, -0.2) is 0 Å². The summed E-state index contributed by atoms with van der Waals surface area (Å²) in [7, 11) is 0. The van der Waals surface area contributed by atoms with E-state index in [0.29, 0.717) is 5.56 Å². The molecule has 1 aromatic heterocycles. The lowest BCUT2D eigenvalue weighted by atomic mass is 10.1. The van der Waals surface area contributed by atoms with E-state index in [1.807, 2.05) is 43.3 Å². The Morgan fingerprint density at radius 2 is 1.84 bits per heavy atom. The Hall–Kier alpha value is -1.87. The van der Waals surface area contributed by atoms with Crippen molar-refractivity contribution in [2.45, 2.75) is 33.2 Å². The van der Waals surface area contributed by atoms with Gasteiger partial charge in [0.2, 0.25) is 0 Å². The molecule has 0 amide bonds. The number of hydrogen-bond acceptors (Lipinski definition) is 2. The van der Waals surface area contributed by atoms with Gasteiger partial charge in [0.1, 0.15) is 0 Å². The highest BCUT2D eigenvalue weighted by Crippen LogP contribution is 2.20. The predicted molar refractivity (Wildman–Crippen MR) is 78.8 cm³/mol. The zero-order chi connectivity index (χ0) is 14.0. The molecule has 2 aromatic rings. The van der Waals surface area contributed by atoms with Gasteiger partial charge in [-0.05, 0) is 30.5 Å². The average Bonchev–Trinajstić information content (AvgIpc) is 2.39.